The van der Waals surface area contributed by atoms with E-state index >= 15 is 0 Å². The molecule has 1 fully saturated rings. The smallest absolute Gasteiger partial charge is 0.166 e. The summed E-state index contributed by atoms with van der Waals surface area (Å²) in [6.07, 6.45) is 6.17. The van der Waals surface area contributed by atoms with Crippen LogP contribution in [0.4, 0.5) is 0 Å². The van der Waals surface area contributed by atoms with E-state index in [1.54, 1.807) is 7.11 Å². The monoisotopic (exact) mass is 290 g/mol. The SMILES string of the molecule is CCOC(C(=O)Cc1cccc(OC)c1)C1CCCCC1. The molecule has 0 heterocycles. The lowest BCUT2D eigenvalue weighted by Gasteiger charge is -2.29. The fourth-order valence-corrected chi connectivity index (χ4v) is 3.19. The first-order chi connectivity index (χ1) is 10.2. The lowest BCUT2D eigenvalue weighted by Crippen LogP contribution is -2.35. The Morgan fingerprint density at radius 3 is 2.71 bits per heavy atom. The minimum absolute atomic E-state index is 0.206. The van der Waals surface area contributed by atoms with E-state index in [9.17, 15) is 4.79 Å². The van der Waals surface area contributed by atoms with Gasteiger partial charge >= 0.3 is 0 Å². The molecule has 1 aliphatic rings. The van der Waals surface area contributed by atoms with Crippen LogP contribution in [0.3, 0.4) is 0 Å². The van der Waals surface area contributed by atoms with E-state index in [4.69, 9.17) is 9.47 Å². The maximum Gasteiger partial charge on any atom is 0.166 e. The summed E-state index contributed by atoms with van der Waals surface area (Å²) >= 11 is 0. The molecule has 3 nitrogen and oxygen atoms in total. The molecule has 1 unspecified atom stereocenters. The Bertz CT molecular complexity index is 450. The molecule has 0 saturated heterocycles. The van der Waals surface area contributed by atoms with E-state index in [-0.39, 0.29) is 11.9 Å². The zero-order valence-electron chi connectivity index (χ0n) is 13.1. The second kappa shape index (κ2) is 8.18. The van der Waals surface area contributed by atoms with Gasteiger partial charge in [0.2, 0.25) is 0 Å². The molecule has 0 aliphatic heterocycles. The lowest BCUT2D eigenvalue weighted by atomic mass is 9.82. The number of hydrogen-bond donors (Lipinski definition) is 0. The average Bonchev–Trinajstić information content (AvgIpc) is 2.53. The predicted octanol–water partition coefficient (Wildman–Crippen LogP) is 3.79. The Hall–Kier alpha value is -1.35. The summed E-state index contributed by atoms with van der Waals surface area (Å²) in [5.74, 6) is 1.40. The Labute approximate surface area is 127 Å². The number of Topliss-reactive ketones (excluding diaryl/α,β-unsaturated/α-hetero) is 1. The number of hydrogen-bond acceptors (Lipinski definition) is 3. The van der Waals surface area contributed by atoms with E-state index in [1.165, 1.54) is 19.3 Å². The zero-order chi connectivity index (χ0) is 15.1. The van der Waals surface area contributed by atoms with E-state index in [0.29, 0.717) is 18.9 Å². The fraction of sp³-hybridized carbons (Fsp3) is 0.611. The number of ether oxygens (including phenoxy) is 2. The summed E-state index contributed by atoms with van der Waals surface area (Å²) in [4.78, 5) is 12.6. The van der Waals surface area contributed by atoms with Gasteiger partial charge in [0.15, 0.2) is 5.78 Å². The van der Waals surface area contributed by atoms with Gasteiger partial charge in [-0.2, -0.15) is 0 Å². The first kappa shape index (κ1) is 16.0. The average molecular weight is 290 g/mol. The van der Waals surface area contributed by atoms with Gasteiger partial charge in [0, 0.05) is 13.0 Å². The zero-order valence-corrected chi connectivity index (χ0v) is 13.1. The Kier molecular flexibility index (Phi) is 6.24. The number of carbonyl (C=O) groups is 1. The van der Waals surface area contributed by atoms with Crippen LogP contribution in [0.2, 0.25) is 0 Å². The van der Waals surface area contributed by atoms with Crippen LogP contribution >= 0.6 is 0 Å². The Morgan fingerprint density at radius 2 is 2.05 bits per heavy atom. The summed E-state index contributed by atoms with van der Waals surface area (Å²) in [5, 5.41) is 0. The highest BCUT2D eigenvalue weighted by molar-refractivity contribution is 5.85. The molecular formula is C18H26O3. The molecule has 1 aromatic carbocycles. The second-order valence-electron chi connectivity index (χ2n) is 5.77. The summed E-state index contributed by atoms with van der Waals surface area (Å²) in [5.41, 5.74) is 1.000. The van der Waals surface area contributed by atoms with Crippen molar-refractivity contribution >= 4 is 5.78 Å². The molecule has 116 valence electrons. The van der Waals surface area contributed by atoms with Crippen LogP contribution in [0, 0.1) is 5.92 Å². The normalized spacial score (nSPS) is 17.4. The van der Waals surface area contributed by atoms with Crippen molar-refractivity contribution in [2.24, 2.45) is 5.92 Å². The van der Waals surface area contributed by atoms with Gasteiger partial charge in [0.1, 0.15) is 11.9 Å². The largest absolute Gasteiger partial charge is 0.497 e. The quantitative estimate of drug-likeness (QED) is 0.766. The number of benzene rings is 1. The van der Waals surface area contributed by atoms with E-state index in [1.807, 2.05) is 31.2 Å². The molecular weight excluding hydrogens is 264 g/mol. The van der Waals surface area contributed by atoms with E-state index < -0.39 is 0 Å². The van der Waals surface area contributed by atoms with E-state index in [2.05, 4.69) is 0 Å². The maximum absolute atomic E-state index is 12.6. The van der Waals surface area contributed by atoms with Gasteiger partial charge in [-0.3, -0.25) is 4.79 Å². The number of ketones is 1. The molecule has 2 rings (SSSR count). The van der Waals surface area contributed by atoms with Crippen molar-refractivity contribution in [1.82, 2.24) is 0 Å². The van der Waals surface area contributed by atoms with Crippen LogP contribution in [0.5, 0.6) is 5.75 Å². The van der Waals surface area contributed by atoms with Crippen LogP contribution in [0.1, 0.15) is 44.6 Å². The standard InChI is InChI=1S/C18H26O3/c1-3-21-18(15-9-5-4-6-10-15)17(19)13-14-8-7-11-16(12-14)20-2/h7-8,11-12,15,18H,3-6,9-10,13H2,1-2H3. The maximum atomic E-state index is 12.6. The third-order valence-electron chi connectivity index (χ3n) is 4.25. The van der Waals surface area contributed by atoms with Gasteiger partial charge in [-0.15, -0.1) is 0 Å². The minimum Gasteiger partial charge on any atom is -0.497 e. The number of carbonyl (C=O) groups excluding carboxylic acids is 1. The summed E-state index contributed by atoms with van der Waals surface area (Å²) in [6, 6.07) is 7.74. The lowest BCUT2D eigenvalue weighted by molar-refractivity contribution is -0.134. The van der Waals surface area contributed by atoms with Crippen molar-refractivity contribution < 1.29 is 14.3 Å². The molecule has 1 aromatic rings. The van der Waals surface area contributed by atoms with Gasteiger partial charge in [0.25, 0.3) is 0 Å². The van der Waals surface area contributed by atoms with Crippen molar-refractivity contribution in [1.29, 1.82) is 0 Å². The van der Waals surface area contributed by atoms with E-state index in [0.717, 1.165) is 24.2 Å². The molecule has 0 N–H and O–H groups in total. The van der Waals surface area contributed by atoms with Crippen molar-refractivity contribution in [3.05, 3.63) is 29.8 Å². The highest BCUT2D eigenvalue weighted by Gasteiger charge is 2.29. The first-order valence-electron chi connectivity index (χ1n) is 8.01. The van der Waals surface area contributed by atoms with Crippen LogP contribution in [-0.2, 0) is 16.0 Å². The topological polar surface area (TPSA) is 35.5 Å². The minimum atomic E-state index is -0.235. The van der Waals surface area contributed by atoms with Crippen molar-refractivity contribution in [2.75, 3.05) is 13.7 Å². The summed E-state index contributed by atoms with van der Waals surface area (Å²) in [6.45, 7) is 2.57. The Balaban J connectivity index is 2.03. The van der Waals surface area contributed by atoms with Crippen molar-refractivity contribution in [2.45, 2.75) is 51.6 Å². The summed E-state index contributed by atoms with van der Waals surface area (Å²) in [7, 11) is 1.64. The van der Waals surface area contributed by atoms with Crippen LogP contribution in [0.25, 0.3) is 0 Å². The van der Waals surface area contributed by atoms with Crippen LogP contribution in [-0.4, -0.2) is 25.6 Å². The molecule has 0 spiro atoms. The molecule has 21 heavy (non-hydrogen) atoms. The highest BCUT2D eigenvalue weighted by Crippen LogP contribution is 2.29. The van der Waals surface area contributed by atoms with Crippen LogP contribution in [0.15, 0.2) is 24.3 Å². The van der Waals surface area contributed by atoms with Crippen molar-refractivity contribution in [3.63, 3.8) is 0 Å². The second-order valence-corrected chi connectivity index (χ2v) is 5.77. The molecule has 0 amide bonds. The number of methoxy groups -OCH3 is 1. The van der Waals surface area contributed by atoms with Gasteiger partial charge in [-0.1, -0.05) is 31.4 Å². The summed E-state index contributed by atoms with van der Waals surface area (Å²) < 4.78 is 11.0. The van der Waals surface area contributed by atoms with Crippen molar-refractivity contribution in [3.8, 4) is 5.75 Å². The number of rotatable bonds is 7. The third-order valence-corrected chi connectivity index (χ3v) is 4.25. The van der Waals surface area contributed by atoms with Crippen LogP contribution < -0.4 is 4.74 Å². The third kappa shape index (κ3) is 4.57. The fourth-order valence-electron chi connectivity index (χ4n) is 3.19. The van der Waals surface area contributed by atoms with Gasteiger partial charge < -0.3 is 9.47 Å². The van der Waals surface area contributed by atoms with Gasteiger partial charge in [-0.05, 0) is 43.4 Å². The molecule has 1 aliphatic carbocycles. The Morgan fingerprint density at radius 1 is 1.29 bits per heavy atom. The molecule has 0 aromatic heterocycles. The molecule has 1 atom stereocenters. The molecule has 0 bridgehead atoms. The predicted molar refractivity (Wildman–Crippen MR) is 83.7 cm³/mol. The highest BCUT2D eigenvalue weighted by atomic mass is 16.5. The molecule has 0 radical (unpaired) electrons. The first-order valence-corrected chi connectivity index (χ1v) is 8.01. The van der Waals surface area contributed by atoms with Gasteiger partial charge in [-0.25, -0.2) is 0 Å². The van der Waals surface area contributed by atoms with Gasteiger partial charge in [0.05, 0.1) is 7.11 Å². The molecule has 3 heteroatoms. The molecule has 1 saturated carbocycles.